The van der Waals surface area contributed by atoms with Crippen LogP contribution in [0.2, 0.25) is 0 Å². The summed E-state index contributed by atoms with van der Waals surface area (Å²) in [6.45, 7) is 4.00. The Hall–Kier alpha value is -8.78. The molecule has 12 aromatic rings. The second-order valence-corrected chi connectivity index (χ2v) is 17.3. The molecule has 0 aliphatic carbocycles. The summed E-state index contributed by atoms with van der Waals surface area (Å²) in [5, 5.41) is 2.44. The van der Waals surface area contributed by atoms with E-state index in [9.17, 15) is 0 Å². The molecule has 328 valence electrons. The average Bonchev–Trinajstić information content (AvgIpc) is 3.77. The fourth-order valence-corrected chi connectivity index (χ4v) is 9.68. The molecule has 0 N–H and O–H groups in total. The average molecular weight is 882 g/mol. The van der Waals surface area contributed by atoms with Gasteiger partial charge in [0, 0.05) is 16.5 Å². The lowest BCUT2D eigenvalue weighted by atomic mass is 9.96. The van der Waals surface area contributed by atoms with Crippen LogP contribution in [0, 0.1) is 0 Å². The zero-order chi connectivity index (χ0) is 46.5. The summed E-state index contributed by atoms with van der Waals surface area (Å²) >= 11 is 0. The third-order valence-electron chi connectivity index (χ3n) is 13.2. The Balaban J connectivity index is 0.00000257. The molecule has 1 nitrogen and oxygen atoms in total. The van der Waals surface area contributed by atoms with Crippen molar-refractivity contribution in [3.63, 3.8) is 0 Å². The quantitative estimate of drug-likeness (QED) is 0.136. The third-order valence-corrected chi connectivity index (χ3v) is 13.2. The van der Waals surface area contributed by atoms with Gasteiger partial charge in [-0.15, -0.1) is 0 Å². The van der Waals surface area contributed by atoms with E-state index < -0.39 is 0 Å². The Labute approximate surface area is 405 Å². The van der Waals surface area contributed by atoms with Gasteiger partial charge in [0.2, 0.25) is 0 Å². The largest absolute Gasteiger partial charge is 0.309 e. The van der Waals surface area contributed by atoms with Crippen LogP contribution < -0.4 is 0 Å². The van der Waals surface area contributed by atoms with Crippen molar-refractivity contribution in [3.05, 3.63) is 273 Å². The van der Waals surface area contributed by atoms with E-state index in [0.29, 0.717) is 0 Å². The maximum Gasteiger partial charge on any atom is 0.0541 e. The van der Waals surface area contributed by atoms with Gasteiger partial charge in [0.25, 0.3) is 0 Å². The van der Waals surface area contributed by atoms with Gasteiger partial charge in [-0.2, -0.15) is 0 Å². The zero-order valence-electron chi connectivity index (χ0n) is 38.9. The molecule has 0 bridgehead atoms. The summed E-state index contributed by atoms with van der Waals surface area (Å²) in [6.07, 6.45) is 0. The Morgan fingerprint density at radius 3 is 0.681 bits per heavy atom. The first kappa shape index (κ1) is 42.8. The Bertz CT molecular complexity index is 3400. The molecule has 0 unspecified atom stereocenters. The second kappa shape index (κ2) is 19.2. The van der Waals surface area contributed by atoms with Crippen molar-refractivity contribution in [2.24, 2.45) is 0 Å². The lowest BCUT2D eigenvalue weighted by Gasteiger charge is -2.14. The zero-order valence-corrected chi connectivity index (χ0v) is 38.9. The molecule has 0 aliphatic rings. The Morgan fingerprint density at radius 1 is 0.188 bits per heavy atom. The molecule has 0 saturated carbocycles. The highest BCUT2D eigenvalue weighted by molar-refractivity contribution is 6.12. The van der Waals surface area contributed by atoms with E-state index in [1.807, 2.05) is 13.8 Å². The molecular formula is C68H51N. The lowest BCUT2D eigenvalue weighted by Crippen LogP contribution is -1.96. The molecule has 0 saturated heterocycles. The van der Waals surface area contributed by atoms with Crippen molar-refractivity contribution < 1.29 is 0 Å². The van der Waals surface area contributed by atoms with Crippen LogP contribution >= 0.6 is 0 Å². The molecule has 0 aliphatic heterocycles. The van der Waals surface area contributed by atoms with E-state index in [1.165, 1.54) is 111 Å². The van der Waals surface area contributed by atoms with Crippen LogP contribution in [0.25, 0.3) is 117 Å². The van der Waals surface area contributed by atoms with Crippen molar-refractivity contribution in [2.45, 2.75) is 13.8 Å². The third kappa shape index (κ3) is 8.71. The van der Waals surface area contributed by atoms with Crippen molar-refractivity contribution in [2.75, 3.05) is 0 Å². The number of fused-ring (bicyclic) bond motifs is 3. The fraction of sp³-hybridized carbons (Fsp3) is 0.0294. The van der Waals surface area contributed by atoms with E-state index in [2.05, 4.69) is 278 Å². The first-order valence-electron chi connectivity index (χ1n) is 24.1. The van der Waals surface area contributed by atoms with Crippen molar-refractivity contribution in [3.8, 4) is 94.7 Å². The maximum atomic E-state index is 2.46. The minimum atomic E-state index is 1.13. The first-order chi connectivity index (χ1) is 34.2. The molecular weight excluding hydrogens is 831 g/mol. The van der Waals surface area contributed by atoms with E-state index in [4.69, 9.17) is 0 Å². The van der Waals surface area contributed by atoms with Crippen LogP contribution in [0.4, 0.5) is 0 Å². The van der Waals surface area contributed by atoms with Crippen molar-refractivity contribution in [1.29, 1.82) is 0 Å². The molecule has 1 heterocycles. The van der Waals surface area contributed by atoms with E-state index in [0.717, 1.165) is 5.69 Å². The van der Waals surface area contributed by atoms with Crippen LogP contribution in [0.15, 0.2) is 273 Å². The first-order valence-corrected chi connectivity index (χ1v) is 24.1. The summed E-state index contributed by atoms with van der Waals surface area (Å²) < 4.78 is 2.46. The highest BCUT2D eigenvalue weighted by Crippen LogP contribution is 2.40. The maximum absolute atomic E-state index is 2.46. The highest BCUT2D eigenvalue weighted by atomic mass is 15.0. The van der Waals surface area contributed by atoms with Gasteiger partial charge in [-0.3, -0.25) is 0 Å². The molecule has 0 radical (unpaired) electrons. The minimum absolute atomic E-state index is 1.13. The molecule has 12 rings (SSSR count). The van der Waals surface area contributed by atoms with E-state index in [1.54, 1.807) is 0 Å². The number of hydrogen-bond donors (Lipinski definition) is 0. The molecule has 69 heavy (non-hydrogen) atoms. The Morgan fingerprint density at radius 2 is 0.406 bits per heavy atom. The standard InChI is InChI=1S/C66H45N.C2H6/c1-5-13-46(14-6-1)50-21-25-52(26-22-50)54-29-33-56(34-30-54)58-37-39-65-63(44-58)64-45-59(57-35-31-55(32-36-57)53-27-23-51(24-28-53)47-15-7-2-8-16-47)38-40-66(64)67(65)62-42-60(48-17-9-3-10-18-48)41-61(43-62)49-19-11-4-12-20-49;1-2/h1-45H;1-2H3. The number of nitrogens with zero attached hydrogens (tertiary/aromatic N) is 1. The number of benzene rings is 11. The summed E-state index contributed by atoms with van der Waals surface area (Å²) in [4.78, 5) is 0. The highest BCUT2D eigenvalue weighted by Gasteiger charge is 2.17. The van der Waals surface area contributed by atoms with Gasteiger partial charge in [-0.25, -0.2) is 0 Å². The van der Waals surface area contributed by atoms with E-state index >= 15 is 0 Å². The smallest absolute Gasteiger partial charge is 0.0541 e. The number of hydrogen-bond acceptors (Lipinski definition) is 0. The van der Waals surface area contributed by atoms with Crippen LogP contribution in [0.1, 0.15) is 13.8 Å². The summed E-state index contributed by atoms with van der Waals surface area (Å²) in [5.41, 5.74) is 22.7. The van der Waals surface area contributed by atoms with Crippen LogP contribution in [0.5, 0.6) is 0 Å². The SMILES string of the molecule is CC.c1ccc(-c2ccc(-c3ccc(-c4ccc5c(c4)c4cc(-c6ccc(-c7ccc(-c8ccccc8)cc7)cc6)ccc4n5-c4cc(-c5ccccc5)cc(-c5ccccc5)c4)cc3)cc2)cc1. The predicted octanol–water partition coefficient (Wildman–Crippen LogP) is 19.1. The van der Waals surface area contributed by atoms with Crippen LogP contribution in [-0.4, -0.2) is 4.57 Å². The topological polar surface area (TPSA) is 4.93 Å². The minimum Gasteiger partial charge on any atom is -0.309 e. The lowest BCUT2D eigenvalue weighted by molar-refractivity contribution is 1.18. The normalized spacial score (nSPS) is 11.0. The number of aromatic nitrogens is 1. The Kier molecular flexibility index (Phi) is 11.9. The van der Waals surface area contributed by atoms with Crippen LogP contribution in [0.3, 0.4) is 0 Å². The van der Waals surface area contributed by atoms with E-state index in [-0.39, 0.29) is 0 Å². The molecule has 0 spiro atoms. The van der Waals surface area contributed by atoms with Gasteiger partial charge in [0.05, 0.1) is 11.0 Å². The molecule has 0 fully saturated rings. The predicted molar refractivity (Wildman–Crippen MR) is 296 cm³/mol. The fourth-order valence-electron chi connectivity index (χ4n) is 9.68. The van der Waals surface area contributed by atoms with Crippen molar-refractivity contribution >= 4 is 21.8 Å². The van der Waals surface area contributed by atoms with Gasteiger partial charge in [-0.1, -0.05) is 244 Å². The summed E-state index contributed by atoms with van der Waals surface area (Å²) in [6, 6.07) is 99.4. The number of rotatable bonds is 9. The summed E-state index contributed by atoms with van der Waals surface area (Å²) in [7, 11) is 0. The molecule has 0 amide bonds. The van der Waals surface area contributed by atoms with Gasteiger partial charge in [0.1, 0.15) is 0 Å². The monoisotopic (exact) mass is 881 g/mol. The molecule has 1 heteroatoms. The molecule has 11 aromatic carbocycles. The van der Waals surface area contributed by atoms with Crippen molar-refractivity contribution in [1.82, 2.24) is 4.57 Å². The van der Waals surface area contributed by atoms with Gasteiger partial charge in [0.15, 0.2) is 0 Å². The molecule has 1 aromatic heterocycles. The van der Waals surface area contributed by atoms with Gasteiger partial charge in [-0.05, 0) is 131 Å². The summed E-state index contributed by atoms with van der Waals surface area (Å²) in [5.74, 6) is 0. The van der Waals surface area contributed by atoms with Gasteiger partial charge >= 0.3 is 0 Å². The second-order valence-electron chi connectivity index (χ2n) is 17.3. The van der Waals surface area contributed by atoms with Crippen LogP contribution in [-0.2, 0) is 0 Å². The molecule has 0 atom stereocenters. The van der Waals surface area contributed by atoms with Gasteiger partial charge < -0.3 is 4.57 Å².